The highest BCUT2D eigenvalue weighted by Crippen LogP contribution is 2.28. The number of hydrogen-bond donors (Lipinski definition) is 1. The number of pyridine rings is 1. The summed E-state index contributed by atoms with van der Waals surface area (Å²) in [6, 6.07) is 14.5. The molecular weight excluding hydrogens is 246 g/mol. The smallest absolute Gasteiger partial charge is 0.139 e. The fourth-order valence-corrected chi connectivity index (χ4v) is 2.52. The summed E-state index contributed by atoms with van der Waals surface area (Å²) in [5.41, 5.74) is 11.5. The van der Waals surface area contributed by atoms with Gasteiger partial charge in [-0.2, -0.15) is 0 Å². The van der Waals surface area contributed by atoms with Gasteiger partial charge in [0.1, 0.15) is 17.2 Å². The maximum Gasteiger partial charge on any atom is 0.139 e. The number of nitrogen functional groups attached to an aromatic ring is 1. The molecule has 0 atom stereocenters. The third kappa shape index (κ3) is 1.95. The molecule has 0 bridgehead atoms. The lowest BCUT2D eigenvalue weighted by molar-refractivity contribution is 0.867. The van der Waals surface area contributed by atoms with Gasteiger partial charge in [-0.3, -0.25) is 4.40 Å². The summed E-state index contributed by atoms with van der Waals surface area (Å²) in [6.45, 7) is 6.42. The van der Waals surface area contributed by atoms with Crippen molar-refractivity contribution in [2.45, 2.75) is 26.7 Å². The SMILES string of the molecule is Cc1cccc2nc(-c3ccc(C(C)C)cc3)c(N)n12. The minimum Gasteiger partial charge on any atom is -0.383 e. The van der Waals surface area contributed by atoms with Gasteiger partial charge >= 0.3 is 0 Å². The molecular formula is C17H19N3. The van der Waals surface area contributed by atoms with Crippen LogP contribution in [0.5, 0.6) is 0 Å². The summed E-state index contributed by atoms with van der Waals surface area (Å²) in [6.07, 6.45) is 0. The van der Waals surface area contributed by atoms with Crippen LogP contribution in [0.1, 0.15) is 31.0 Å². The second-order valence-corrected chi connectivity index (χ2v) is 5.48. The standard InChI is InChI=1S/C17H19N3/c1-11(2)13-7-9-14(10-8-13)16-17(18)20-12(3)5-4-6-15(20)19-16/h4-11H,18H2,1-3H3. The Labute approximate surface area is 119 Å². The summed E-state index contributed by atoms with van der Waals surface area (Å²) in [4.78, 5) is 4.66. The largest absolute Gasteiger partial charge is 0.383 e. The van der Waals surface area contributed by atoms with E-state index in [9.17, 15) is 0 Å². The summed E-state index contributed by atoms with van der Waals surface area (Å²) >= 11 is 0. The summed E-state index contributed by atoms with van der Waals surface area (Å²) in [5.74, 6) is 1.24. The van der Waals surface area contributed by atoms with Crippen LogP contribution in [0.2, 0.25) is 0 Å². The van der Waals surface area contributed by atoms with Gasteiger partial charge in [0.05, 0.1) is 0 Å². The van der Waals surface area contributed by atoms with Gasteiger partial charge in [0.15, 0.2) is 0 Å². The highest BCUT2D eigenvalue weighted by molar-refractivity contribution is 5.75. The number of aromatic nitrogens is 2. The molecule has 0 spiro atoms. The molecule has 1 aromatic carbocycles. The van der Waals surface area contributed by atoms with Crippen molar-refractivity contribution in [2.75, 3.05) is 5.73 Å². The van der Waals surface area contributed by atoms with E-state index in [-0.39, 0.29) is 0 Å². The first-order valence-electron chi connectivity index (χ1n) is 6.92. The molecule has 2 N–H and O–H groups in total. The highest BCUT2D eigenvalue weighted by atomic mass is 15.1. The molecule has 0 aliphatic carbocycles. The Morgan fingerprint density at radius 1 is 1.05 bits per heavy atom. The van der Waals surface area contributed by atoms with Crippen LogP contribution in [-0.4, -0.2) is 9.38 Å². The van der Waals surface area contributed by atoms with Crippen LogP contribution < -0.4 is 5.73 Å². The Morgan fingerprint density at radius 2 is 1.75 bits per heavy atom. The second-order valence-electron chi connectivity index (χ2n) is 5.48. The van der Waals surface area contributed by atoms with Gasteiger partial charge in [0.2, 0.25) is 0 Å². The number of nitrogens with zero attached hydrogens (tertiary/aromatic N) is 2. The van der Waals surface area contributed by atoms with Gasteiger partial charge in [0.25, 0.3) is 0 Å². The maximum atomic E-state index is 6.27. The molecule has 0 aliphatic heterocycles. The van der Waals surface area contributed by atoms with E-state index in [2.05, 4.69) is 43.1 Å². The van der Waals surface area contributed by atoms with Crippen molar-refractivity contribution in [3.63, 3.8) is 0 Å². The molecule has 0 amide bonds. The van der Waals surface area contributed by atoms with Gasteiger partial charge in [0, 0.05) is 11.3 Å². The molecule has 0 aliphatic rings. The fraction of sp³-hybridized carbons (Fsp3) is 0.235. The Balaban J connectivity index is 2.15. The number of hydrogen-bond acceptors (Lipinski definition) is 2. The van der Waals surface area contributed by atoms with Gasteiger partial charge in [-0.05, 0) is 30.5 Å². The van der Waals surface area contributed by atoms with Crippen molar-refractivity contribution in [1.82, 2.24) is 9.38 Å². The van der Waals surface area contributed by atoms with Crippen LogP contribution in [0, 0.1) is 6.92 Å². The monoisotopic (exact) mass is 265 g/mol. The number of fused-ring (bicyclic) bond motifs is 1. The van der Waals surface area contributed by atoms with Crippen LogP contribution in [0.4, 0.5) is 5.82 Å². The van der Waals surface area contributed by atoms with Gasteiger partial charge in [-0.25, -0.2) is 4.98 Å². The van der Waals surface area contributed by atoms with E-state index in [1.165, 1.54) is 5.56 Å². The number of nitrogens with two attached hydrogens (primary N) is 1. The third-order valence-electron chi connectivity index (χ3n) is 3.73. The van der Waals surface area contributed by atoms with Crippen molar-refractivity contribution < 1.29 is 0 Å². The number of rotatable bonds is 2. The molecule has 2 heterocycles. The molecule has 20 heavy (non-hydrogen) atoms. The first-order chi connectivity index (χ1) is 9.58. The van der Waals surface area contributed by atoms with E-state index < -0.39 is 0 Å². The minimum absolute atomic E-state index is 0.532. The van der Waals surface area contributed by atoms with Gasteiger partial charge < -0.3 is 5.73 Å². The van der Waals surface area contributed by atoms with Crippen molar-refractivity contribution >= 4 is 11.5 Å². The zero-order chi connectivity index (χ0) is 14.3. The van der Waals surface area contributed by atoms with Crippen LogP contribution in [0.25, 0.3) is 16.9 Å². The van der Waals surface area contributed by atoms with Crippen LogP contribution >= 0.6 is 0 Å². The average molecular weight is 265 g/mol. The zero-order valence-electron chi connectivity index (χ0n) is 12.1. The molecule has 2 aromatic heterocycles. The highest BCUT2D eigenvalue weighted by Gasteiger charge is 2.12. The number of imidazole rings is 1. The van der Waals surface area contributed by atoms with Gasteiger partial charge in [-0.15, -0.1) is 0 Å². The van der Waals surface area contributed by atoms with E-state index in [0.717, 1.165) is 22.6 Å². The van der Waals surface area contributed by atoms with Crippen LogP contribution in [0.15, 0.2) is 42.5 Å². The Bertz CT molecular complexity index is 752. The molecule has 0 radical (unpaired) electrons. The predicted octanol–water partition coefficient (Wildman–Crippen LogP) is 4.02. The third-order valence-corrected chi connectivity index (χ3v) is 3.73. The lowest BCUT2D eigenvalue weighted by atomic mass is 10.0. The molecule has 3 nitrogen and oxygen atoms in total. The van der Waals surface area contributed by atoms with E-state index in [0.29, 0.717) is 11.7 Å². The Hall–Kier alpha value is -2.29. The lowest BCUT2D eigenvalue weighted by Crippen LogP contribution is -1.97. The quantitative estimate of drug-likeness (QED) is 0.760. The first-order valence-corrected chi connectivity index (χ1v) is 6.92. The van der Waals surface area contributed by atoms with Crippen molar-refractivity contribution in [3.8, 4) is 11.3 Å². The molecule has 0 fully saturated rings. The maximum absolute atomic E-state index is 6.27. The van der Waals surface area contributed by atoms with E-state index in [1.807, 2.05) is 29.5 Å². The minimum atomic E-state index is 0.532. The molecule has 0 unspecified atom stereocenters. The normalized spacial score (nSPS) is 11.4. The molecule has 3 aromatic rings. The topological polar surface area (TPSA) is 43.3 Å². The van der Waals surface area contributed by atoms with Crippen molar-refractivity contribution in [3.05, 3.63) is 53.7 Å². The molecule has 0 saturated carbocycles. The van der Waals surface area contributed by atoms with Crippen molar-refractivity contribution in [1.29, 1.82) is 0 Å². The predicted molar refractivity (Wildman–Crippen MR) is 83.9 cm³/mol. The van der Waals surface area contributed by atoms with Crippen LogP contribution in [0.3, 0.4) is 0 Å². The lowest BCUT2D eigenvalue weighted by Gasteiger charge is -2.06. The zero-order valence-corrected chi connectivity index (χ0v) is 12.1. The van der Waals surface area contributed by atoms with Crippen LogP contribution in [-0.2, 0) is 0 Å². The Morgan fingerprint density at radius 3 is 2.35 bits per heavy atom. The number of anilines is 1. The average Bonchev–Trinajstić information content (AvgIpc) is 2.77. The fourth-order valence-electron chi connectivity index (χ4n) is 2.52. The van der Waals surface area contributed by atoms with E-state index >= 15 is 0 Å². The van der Waals surface area contributed by atoms with E-state index in [1.54, 1.807) is 0 Å². The van der Waals surface area contributed by atoms with Gasteiger partial charge in [-0.1, -0.05) is 44.2 Å². The summed E-state index contributed by atoms with van der Waals surface area (Å²) in [7, 11) is 0. The summed E-state index contributed by atoms with van der Waals surface area (Å²) in [5, 5.41) is 0. The molecule has 3 rings (SSSR count). The summed E-state index contributed by atoms with van der Waals surface area (Å²) < 4.78 is 1.99. The Kier molecular flexibility index (Phi) is 2.97. The first kappa shape index (κ1) is 12.7. The molecule has 102 valence electrons. The number of benzene rings is 1. The number of aryl methyl sites for hydroxylation is 1. The molecule has 3 heteroatoms. The van der Waals surface area contributed by atoms with Crippen molar-refractivity contribution in [2.24, 2.45) is 0 Å². The second kappa shape index (κ2) is 4.67. The van der Waals surface area contributed by atoms with E-state index in [4.69, 9.17) is 5.73 Å². The molecule has 0 saturated heterocycles.